The molecular weight excluding hydrogens is 386 g/mol. The number of carbonyl (C=O) groups is 1. The first-order valence-corrected chi connectivity index (χ1v) is 9.07. The topological polar surface area (TPSA) is 130 Å². The Bertz CT molecular complexity index is 1370. The van der Waals surface area contributed by atoms with E-state index >= 15 is 0 Å². The molecule has 0 atom stereocenters. The SMILES string of the molecule is Cc1cccc(-n2c(=O)[nH]c3nc(NCc4ccc(C(=O)O)cc4)ncc3c2=O)c1. The summed E-state index contributed by atoms with van der Waals surface area (Å²) in [5, 5.41) is 12.1. The summed E-state index contributed by atoms with van der Waals surface area (Å²) in [6, 6.07) is 13.4. The normalized spacial score (nSPS) is 10.8. The first kappa shape index (κ1) is 19.1. The van der Waals surface area contributed by atoms with E-state index in [1.54, 1.807) is 30.3 Å². The number of carboxylic acid groups (broad SMARTS) is 1. The standard InChI is InChI=1S/C21H17N5O4/c1-12-3-2-4-15(9-12)26-18(27)16-11-23-20(24-17(16)25-21(26)30)22-10-13-5-7-14(8-6-13)19(28)29/h2-9,11H,10H2,1H3,(H,28,29)(H2,22,23,24,25,30). The average Bonchev–Trinajstić information content (AvgIpc) is 2.72. The van der Waals surface area contributed by atoms with Crippen LogP contribution in [0.3, 0.4) is 0 Å². The van der Waals surface area contributed by atoms with Crippen LogP contribution in [0.1, 0.15) is 21.5 Å². The molecule has 2 aromatic carbocycles. The number of H-pyrrole nitrogens is 1. The monoisotopic (exact) mass is 403 g/mol. The number of nitrogens with one attached hydrogen (secondary N) is 2. The van der Waals surface area contributed by atoms with Gasteiger partial charge in [0.2, 0.25) is 5.95 Å². The maximum absolute atomic E-state index is 12.8. The number of hydrogen-bond acceptors (Lipinski definition) is 6. The van der Waals surface area contributed by atoms with Gasteiger partial charge in [0.05, 0.1) is 11.3 Å². The van der Waals surface area contributed by atoms with Crippen molar-refractivity contribution in [3.8, 4) is 5.69 Å². The largest absolute Gasteiger partial charge is 0.478 e. The van der Waals surface area contributed by atoms with E-state index in [4.69, 9.17) is 5.11 Å². The van der Waals surface area contributed by atoms with Gasteiger partial charge in [-0.05, 0) is 42.3 Å². The molecule has 2 heterocycles. The second-order valence-corrected chi connectivity index (χ2v) is 6.72. The summed E-state index contributed by atoms with van der Waals surface area (Å²) in [6.07, 6.45) is 1.36. The molecule has 4 rings (SSSR count). The molecule has 0 fully saturated rings. The highest BCUT2D eigenvalue weighted by atomic mass is 16.4. The second-order valence-electron chi connectivity index (χ2n) is 6.72. The van der Waals surface area contributed by atoms with E-state index in [-0.39, 0.29) is 22.5 Å². The van der Waals surface area contributed by atoms with Crippen molar-refractivity contribution in [1.29, 1.82) is 0 Å². The molecule has 0 unspecified atom stereocenters. The van der Waals surface area contributed by atoms with Crippen molar-refractivity contribution in [3.05, 3.63) is 92.3 Å². The summed E-state index contributed by atoms with van der Waals surface area (Å²) >= 11 is 0. The highest BCUT2D eigenvalue weighted by Crippen LogP contribution is 2.11. The molecule has 0 saturated carbocycles. The van der Waals surface area contributed by atoms with Crippen LogP contribution in [0.15, 0.2) is 64.3 Å². The molecule has 0 aliphatic heterocycles. The highest BCUT2D eigenvalue weighted by Gasteiger charge is 2.12. The predicted octanol–water partition coefficient (Wildman–Crippen LogP) is 2.09. The van der Waals surface area contributed by atoms with Crippen molar-refractivity contribution in [2.24, 2.45) is 0 Å². The van der Waals surface area contributed by atoms with Crippen LogP contribution in [-0.4, -0.2) is 30.6 Å². The fourth-order valence-electron chi connectivity index (χ4n) is 3.04. The summed E-state index contributed by atoms with van der Waals surface area (Å²) < 4.78 is 1.05. The maximum atomic E-state index is 12.8. The number of anilines is 1. The van der Waals surface area contributed by atoms with Crippen LogP contribution in [-0.2, 0) is 6.54 Å². The number of aromatic nitrogens is 4. The molecule has 2 aromatic heterocycles. The Labute approximate surface area is 169 Å². The zero-order valence-electron chi connectivity index (χ0n) is 15.9. The van der Waals surface area contributed by atoms with Gasteiger partial charge in [-0.2, -0.15) is 4.98 Å². The van der Waals surface area contributed by atoms with Crippen molar-refractivity contribution in [2.45, 2.75) is 13.5 Å². The number of rotatable bonds is 5. The van der Waals surface area contributed by atoms with Gasteiger partial charge in [-0.1, -0.05) is 24.3 Å². The van der Waals surface area contributed by atoms with E-state index in [9.17, 15) is 14.4 Å². The summed E-state index contributed by atoms with van der Waals surface area (Å²) in [6.45, 7) is 2.22. The third-order valence-corrected chi connectivity index (χ3v) is 4.56. The fourth-order valence-corrected chi connectivity index (χ4v) is 3.04. The van der Waals surface area contributed by atoms with Gasteiger partial charge in [0.1, 0.15) is 5.39 Å². The third kappa shape index (κ3) is 3.68. The minimum absolute atomic E-state index is 0.132. The van der Waals surface area contributed by atoms with Crippen LogP contribution in [0.4, 0.5) is 5.95 Å². The van der Waals surface area contributed by atoms with Crippen LogP contribution in [0.25, 0.3) is 16.7 Å². The Hall–Kier alpha value is -4.27. The van der Waals surface area contributed by atoms with Crippen molar-refractivity contribution in [1.82, 2.24) is 19.5 Å². The number of aryl methyl sites for hydroxylation is 1. The summed E-state index contributed by atoms with van der Waals surface area (Å²) in [4.78, 5) is 47.3. The van der Waals surface area contributed by atoms with Gasteiger partial charge < -0.3 is 10.4 Å². The lowest BCUT2D eigenvalue weighted by Crippen LogP contribution is -2.34. The van der Waals surface area contributed by atoms with E-state index in [1.807, 2.05) is 13.0 Å². The first-order valence-electron chi connectivity index (χ1n) is 9.07. The molecule has 0 amide bonds. The molecule has 0 aliphatic rings. The molecule has 0 aliphatic carbocycles. The molecule has 0 spiro atoms. The smallest absolute Gasteiger partial charge is 0.335 e. The number of fused-ring (bicyclic) bond motifs is 1. The van der Waals surface area contributed by atoms with Crippen molar-refractivity contribution in [3.63, 3.8) is 0 Å². The van der Waals surface area contributed by atoms with Crippen molar-refractivity contribution in [2.75, 3.05) is 5.32 Å². The quantitative estimate of drug-likeness (QED) is 0.465. The maximum Gasteiger partial charge on any atom is 0.335 e. The van der Waals surface area contributed by atoms with E-state index in [1.165, 1.54) is 18.3 Å². The van der Waals surface area contributed by atoms with Gasteiger partial charge in [-0.15, -0.1) is 0 Å². The van der Waals surface area contributed by atoms with Crippen molar-refractivity contribution >= 4 is 23.0 Å². The highest BCUT2D eigenvalue weighted by molar-refractivity contribution is 5.87. The molecule has 0 saturated heterocycles. The number of aromatic carboxylic acids is 1. The average molecular weight is 403 g/mol. The lowest BCUT2D eigenvalue weighted by molar-refractivity contribution is 0.0697. The van der Waals surface area contributed by atoms with Gasteiger partial charge in [0.15, 0.2) is 5.65 Å². The van der Waals surface area contributed by atoms with E-state index in [0.29, 0.717) is 12.2 Å². The number of benzene rings is 2. The van der Waals surface area contributed by atoms with E-state index < -0.39 is 17.2 Å². The van der Waals surface area contributed by atoms with Gasteiger partial charge >= 0.3 is 11.7 Å². The van der Waals surface area contributed by atoms with Crippen LogP contribution >= 0.6 is 0 Å². The molecule has 150 valence electrons. The summed E-state index contributed by atoms with van der Waals surface area (Å²) in [5.74, 6) is -0.763. The van der Waals surface area contributed by atoms with Gasteiger partial charge in [0.25, 0.3) is 5.56 Å². The Morgan fingerprint density at radius 2 is 1.93 bits per heavy atom. The minimum Gasteiger partial charge on any atom is -0.478 e. The summed E-state index contributed by atoms with van der Waals surface area (Å²) in [7, 11) is 0. The number of nitrogens with zero attached hydrogens (tertiary/aromatic N) is 3. The molecule has 0 bridgehead atoms. The molecule has 9 heteroatoms. The summed E-state index contributed by atoms with van der Waals surface area (Å²) in [5.41, 5.74) is 1.45. The predicted molar refractivity (Wildman–Crippen MR) is 111 cm³/mol. The van der Waals surface area contributed by atoms with Crippen molar-refractivity contribution < 1.29 is 9.90 Å². The Balaban J connectivity index is 1.63. The molecule has 3 N–H and O–H groups in total. The number of carboxylic acids is 1. The van der Waals surface area contributed by atoms with E-state index in [2.05, 4.69) is 20.3 Å². The zero-order chi connectivity index (χ0) is 21.3. The second kappa shape index (κ2) is 7.63. The molecule has 9 nitrogen and oxygen atoms in total. The number of hydrogen-bond donors (Lipinski definition) is 3. The van der Waals surface area contributed by atoms with Gasteiger partial charge in [0, 0.05) is 12.7 Å². The van der Waals surface area contributed by atoms with Crippen LogP contribution < -0.4 is 16.6 Å². The van der Waals surface area contributed by atoms with Crippen LogP contribution in [0, 0.1) is 6.92 Å². The third-order valence-electron chi connectivity index (χ3n) is 4.56. The van der Waals surface area contributed by atoms with E-state index in [0.717, 1.165) is 15.7 Å². The Morgan fingerprint density at radius 3 is 2.63 bits per heavy atom. The fraction of sp³-hybridized carbons (Fsp3) is 0.0952. The zero-order valence-corrected chi connectivity index (χ0v) is 15.9. The van der Waals surface area contributed by atoms with Crippen LogP contribution in [0.2, 0.25) is 0 Å². The lowest BCUT2D eigenvalue weighted by atomic mass is 10.1. The first-order chi connectivity index (χ1) is 14.4. The molecule has 0 radical (unpaired) electrons. The number of aromatic amines is 1. The molecular formula is C21H17N5O4. The molecule has 30 heavy (non-hydrogen) atoms. The minimum atomic E-state index is -0.993. The van der Waals surface area contributed by atoms with Crippen LogP contribution in [0.5, 0.6) is 0 Å². The Morgan fingerprint density at radius 1 is 1.17 bits per heavy atom. The lowest BCUT2D eigenvalue weighted by Gasteiger charge is -2.08. The van der Waals surface area contributed by atoms with Gasteiger partial charge in [-0.3, -0.25) is 9.78 Å². The molecule has 4 aromatic rings. The Kier molecular flexibility index (Phi) is 4.85. The van der Waals surface area contributed by atoms with Gasteiger partial charge in [-0.25, -0.2) is 19.1 Å².